The van der Waals surface area contributed by atoms with Gasteiger partial charge in [-0.2, -0.15) is 0 Å². The van der Waals surface area contributed by atoms with Crippen LogP contribution in [0.2, 0.25) is 0 Å². The van der Waals surface area contributed by atoms with Gasteiger partial charge in [0.15, 0.2) is 0 Å². The van der Waals surface area contributed by atoms with E-state index in [2.05, 4.69) is 41.6 Å². The molecule has 0 bridgehead atoms. The average Bonchev–Trinajstić information content (AvgIpc) is 3.26. The Labute approximate surface area is 165 Å². The van der Waals surface area contributed by atoms with Crippen LogP contribution in [0.15, 0.2) is 30.6 Å². The Kier molecular flexibility index (Phi) is 7.34. The first-order valence-electron chi connectivity index (χ1n) is 8.87. The smallest absolute Gasteiger partial charge is 0.290 e. The van der Waals surface area contributed by atoms with Crippen molar-refractivity contribution in [2.24, 2.45) is 5.92 Å². The Morgan fingerprint density at radius 3 is 2.57 bits per heavy atom. The standard InChI is InChI=1S/C18H25N3O3S.CH2O2/c1-13-5-6-15(9-14(13)2)18-19-7-8-21(18)17-11-24-10-16(17)12-25(22,23)20(3)4;2-1-3/h5-9,16-17H,10-12H2,1-4H3;1H,(H,2,3)/t16-,17+;/m0./s1. The number of hydrogen-bond donors (Lipinski definition) is 1. The molecule has 2 aromatic rings. The summed E-state index contributed by atoms with van der Waals surface area (Å²) in [5, 5.41) is 6.89. The molecule has 0 aliphatic carbocycles. The molecule has 2 heterocycles. The van der Waals surface area contributed by atoms with Gasteiger partial charge in [-0.05, 0) is 31.0 Å². The number of rotatable bonds is 5. The number of benzene rings is 1. The van der Waals surface area contributed by atoms with Gasteiger partial charge >= 0.3 is 0 Å². The Balaban J connectivity index is 0.000000878. The highest BCUT2D eigenvalue weighted by Crippen LogP contribution is 2.32. The fourth-order valence-corrected chi connectivity index (χ4v) is 4.32. The molecule has 9 heteroatoms. The number of imidazole rings is 1. The number of carboxylic acid groups (broad SMARTS) is 1. The molecule has 154 valence electrons. The molecule has 1 aromatic heterocycles. The van der Waals surface area contributed by atoms with Crippen molar-refractivity contribution in [1.29, 1.82) is 0 Å². The molecular weight excluding hydrogens is 382 g/mol. The quantitative estimate of drug-likeness (QED) is 0.758. The largest absolute Gasteiger partial charge is 0.483 e. The van der Waals surface area contributed by atoms with Crippen LogP contribution in [0.1, 0.15) is 17.2 Å². The van der Waals surface area contributed by atoms with Crippen molar-refractivity contribution in [3.05, 3.63) is 41.7 Å². The number of carbonyl (C=O) groups is 1. The number of sulfonamides is 1. The second kappa shape index (κ2) is 9.31. The van der Waals surface area contributed by atoms with E-state index in [0.717, 1.165) is 11.4 Å². The third kappa shape index (κ3) is 4.98. The van der Waals surface area contributed by atoms with E-state index in [4.69, 9.17) is 14.6 Å². The van der Waals surface area contributed by atoms with Gasteiger partial charge in [-0.25, -0.2) is 17.7 Å². The third-order valence-corrected chi connectivity index (χ3v) is 6.90. The van der Waals surface area contributed by atoms with Gasteiger partial charge in [0.1, 0.15) is 5.82 Å². The van der Waals surface area contributed by atoms with Gasteiger partial charge in [0.05, 0.1) is 25.0 Å². The summed E-state index contributed by atoms with van der Waals surface area (Å²) in [6.45, 7) is 4.86. The highest BCUT2D eigenvalue weighted by Gasteiger charge is 2.35. The van der Waals surface area contributed by atoms with Crippen molar-refractivity contribution in [2.45, 2.75) is 19.9 Å². The molecule has 0 unspecified atom stereocenters. The summed E-state index contributed by atoms with van der Waals surface area (Å²) < 4.78 is 33.5. The van der Waals surface area contributed by atoms with Crippen LogP contribution >= 0.6 is 0 Å². The van der Waals surface area contributed by atoms with Gasteiger partial charge in [0, 0.05) is 38.0 Å². The summed E-state index contributed by atoms with van der Waals surface area (Å²) in [6, 6.07) is 6.23. The molecular formula is C19H27N3O5S. The minimum Gasteiger partial charge on any atom is -0.483 e. The SMILES string of the molecule is Cc1ccc(-c2nccn2[C@@H]2COC[C@H]2CS(=O)(=O)N(C)C)cc1C.O=CO. The van der Waals surface area contributed by atoms with Crippen molar-refractivity contribution in [3.63, 3.8) is 0 Å². The fraction of sp³-hybridized carbons (Fsp3) is 0.474. The van der Waals surface area contributed by atoms with Crippen LogP contribution in [0.3, 0.4) is 0 Å². The molecule has 28 heavy (non-hydrogen) atoms. The second-order valence-electron chi connectivity index (χ2n) is 6.99. The first-order valence-corrected chi connectivity index (χ1v) is 10.5. The van der Waals surface area contributed by atoms with Crippen LogP contribution in [0.5, 0.6) is 0 Å². The molecule has 8 nitrogen and oxygen atoms in total. The van der Waals surface area contributed by atoms with Crippen molar-refractivity contribution in [1.82, 2.24) is 13.9 Å². The topological polar surface area (TPSA) is 102 Å². The maximum Gasteiger partial charge on any atom is 0.290 e. The van der Waals surface area contributed by atoms with Crippen molar-refractivity contribution < 1.29 is 23.1 Å². The molecule has 1 saturated heterocycles. The lowest BCUT2D eigenvalue weighted by atomic mass is 10.0. The molecule has 1 aliphatic rings. The summed E-state index contributed by atoms with van der Waals surface area (Å²) in [4.78, 5) is 12.9. The molecule has 2 atom stereocenters. The molecule has 0 saturated carbocycles. The molecule has 1 N–H and O–H groups in total. The Morgan fingerprint density at radius 2 is 1.96 bits per heavy atom. The monoisotopic (exact) mass is 409 g/mol. The predicted octanol–water partition coefficient (Wildman–Crippen LogP) is 1.95. The Morgan fingerprint density at radius 1 is 1.29 bits per heavy atom. The van der Waals surface area contributed by atoms with Gasteiger partial charge in [-0.3, -0.25) is 4.79 Å². The summed E-state index contributed by atoms with van der Waals surface area (Å²) in [7, 11) is -0.141. The molecule has 1 aliphatic heterocycles. The predicted molar refractivity (Wildman–Crippen MR) is 107 cm³/mol. The molecule has 1 aromatic carbocycles. The van der Waals surface area contributed by atoms with Gasteiger partial charge in [-0.1, -0.05) is 12.1 Å². The van der Waals surface area contributed by atoms with Crippen LogP contribution in [-0.2, 0) is 19.6 Å². The Hall–Kier alpha value is -2.23. The third-order valence-electron chi connectivity index (χ3n) is 4.94. The number of aryl methyl sites for hydroxylation is 2. The first kappa shape index (κ1) is 22.1. The number of ether oxygens (including phenoxy) is 1. The highest BCUT2D eigenvalue weighted by molar-refractivity contribution is 7.89. The Bertz CT molecular complexity index is 908. The number of nitrogens with zero attached hydrogens (tertiary/aromatic N) is 3. The van der Waals surface area contributed by atoms with Crippen LogP contribution in [0.25, 0.3) is 11.4 Å². The van der Waals surface area contributed by atoms with E-state index in [9.17, 15) is 8.42 Å². The average molecular weight is 410 g/mol. The normalized spacial score (nSPS) is 19.3. The fourth-order valence-electron chi connectivity index (χ4n) is 3.16. The second-order valence-corrected chi connectivity index (χ2v) is 9.22. The van der Waals surface area contributed by atoms with Gasteiger partial charge in [0.2, 0.25) is 10.0 Å². The summed E-state index contributed by atoms with van der Waals surface area (Å²) in [5.41, 5.74) is 3.48. The van der Waals surface area contributed by atoms with Crippen LogP contribution in [0, 0.1) is 19.8 Å². The summed E-state index contributed by atoms with van der Waals surface area (Å²) in [6.07, 6.45) is 3.68. The minimum absolute atomic E-state index is 0.0335. The zero-order chi connectivity index (χ0) is 20.9. The van der Waals surface area contributed by atoms with Crippen LogP contribution < -0.4 is 0 Å². The minimum atomic E-state index is -3.28. The lowest BCUT2D eigenvalue weighted by molar-refractivity contribution is -0.122. The molecule has 0 amide bonds. The van der Waals surface area contributed by atoms with E-state index in [1.54, 1.807) is 20.3 Å². The lowest BCUT2D eigenvalue weighted by Gasteiger charge is -2.22. The van der Waals surface area contributed by atoms with Crippen molar-refractivity contribution in [3.8, 4) is 11.4 Å². The molecule has 0 spiro atoms. The first-order chi connectivity index (χ1) is 13.2. The summed E-state index contributed by atoms with van der Waals surface area (Å²) in [5.74, 6) is 0.840. The zero-order valence-corrected chi connectivity index (χ0v) is 17.4. The highest BCUT2D eigenvalue weighted by atomic mass is 32.2. The van der Waals surface area contributed by atoms with E-state index in [1.165, 1.54) is 15.4 Å². The van der Waals surface area contributed by atoms with Crippen LogP contribution in [-0.4, -0.2) is 66.9 Å². The molecule has 3 rings (SSSR count). The van der Waals surface area contributed by atoms with Crippen LogP contribution in [0.4, 0.5) is 0 Å². The van der Waals surface area contributed by atoms with E-state index < -0.39 is 10.0 Å². The van der Waals surface area contributed by atoms with Crippen molar-refractivity contribution >= 4 is 16.5 Å². The van der Waals surface area contributed by atoms with E-state index in [1.807, 2.05) is 6.20 Å². The summed E-state index contributed by atoms with van der Waals surface area (Å²) >= 11 is 0. The van der Waals surface area contributed by atoms with E-state index in [0.29, 0.717) is 13.2 Å². The van der Waals surface area contributed by atoms with Gasteiger partial charge < -0.3 is 14.4 Å². The molecule has 0 radical (unpaired) electrons. The number of aromatic nitrogens is 2. The van der Waals surface area contributed by atoms with E-state index in [-0.39, 0.29) is 24.2 Å². The van der Waals surface area contributed by atoms with Gasteiger partial charge in [-0.15, -0.1) is 0 Å². The zero-order valence-electron chi connectivity index (χ0n) is 16.6. The van der Waals surface area contributed by atoms with Gasteiger partial charge in [0.25, 0.3) is 6.47 Å². The maximum absolute atomic E-state index is 12.3. The molecule has 1 fully saturated rings. The van der Waals surface area contributed by atoms with Crippen molar-refractivity contribution in [2.75, 3.05) is 33.1 Å². The van der Waals surface area contributed by atoms with E-state index >= 15 is 0 Å². The maximum atomic E-state index is 12.3. The number of hydrogen-bond acceptors (Lipinski definition) is 5. The lowest BCUT2D eigenvalue weighted by Crippen LogP contribution is -2.32.